The molecule has 0 aromatic carbocycles. The number of hydrogen-bond donors (Lipinski definition) is 1. The highest BCUT2D eigenvalue weighted by molar-refractivity contribution is 8.04. The number of carbonyl (C=O) groups is 3. The second-order valence-corrected chi connectivity index (χ2v) is 11.6. The lowest BCUT2D eigenvalue weighted by molar-refractivity contribution is -0.132. The van der Waals surface area contributed by atoms with E-state index in [1.54, 1.807) is 0 Å². The van der Waals surface area contributed by atoms with Crippen molar-refractivity contribution in [3.8, 4) is 0 Å². The first-order valence-corrected chi connectivity index (χ1v) is 11.6. The molecule has 5 fully saturated rings. The molecule has 0 aromatic heterocycles. The molecule has 1 saturated heterocycles. The topological polar surface area (TPSA) is 66.5 Å². The molecule has 1 aliphatic heterocycles. The molecule has 0 aromatic rings. The van der Waals surface area contributed by atoms with Crippen LogP contribution in [0.1, 0.15) is 59.3 Å². The molecule has 0 radical (unpaired) electrons. The number of nitrogens with one attached hydrogen (secondary N) is 1. The highest BCUT2D eigenvalue weighted by atomic mass is 32.2. The van der Waals surface area contributed by atoms with Gasteiger partial charge in [0.15, 0.2) is 5.78 Å². The van der Waals surface area contributed by atoms with Gasteiger partial charge in [-0.15, -0.1) is 0 Å². The Kier molecular flexibility index (Phi) is 5.13. The first kappa shape index (κ1) is 20.0. The zero-order valence-corrected chi connectivity index (χ0v) is 18.1. The first-order valence-electron chi connectivity index (χ1n) is 10.6. The maximum absolute atomic E-state index is 12.6. The van der Waals surface area contributed by atoms with Gasteiger partial charge in [0, 0.05) is 18.0 Å². The average Bonchev–Trinajstić information content (AvgIpc) is 2.91. The lowest BCUT2D eigenvalue weighted by Crippen LogP contribution is -2.52. The van der Waals surface area contributed by atoms with Crippen LogP contribution in [-0.4, -0.2) is 41.3 Å². The molecule has 6 heteroatoms. The van der Waals surface area contributed by atoms with Crippen molar-refractivity contribution in [2.45, 2.75) is 59.3 Å². The van der Waals surface area contributed by atoms with Crippen LogP contribution in [0.5, 0.6) is 0 Å². The number of thioether (sulfide) groups is 1. The summed E-state index contributed by atoms with van der Waals surface area (Å²) in [5.74, 6) is 2.64. The molecule has 1 N–H and O–H groups in total. The molecule has 0 spiro atoms. The Morgan fingerprint density at radius 2 is 1.71 bits per heavy atom. The van der Waals surface area contributed by atoms with Crippen LogP contribution in [0, 0.1) is 28.6 Å². The normalized spacial score (nSPS) is 35.7. The maximum Gasteiger partial charge on any atom is 0.240 e. The number of amides is 2. The number of ketones is 1. The molecule has 5 nitrogen and oxygen atoms in total. The molecular formula is C22H32N2O3S. The van der Waals surface area contributed by atoms with Crippen molar-refractivity contribution >= 4 is 29.4 Å². The Hall–Kier alpha value is -1.30. The summed E-state index contributed by atoms with van der Waals surface area (Å²) in [6, 6.07) is 0. The van der Waals surface area contributed by atoms with Crippen LogP contribution in [0.4, 0.5) is 0 Å². The van der Waals surface area contributed by atoms with Crippen molar-refractivity contribution in [2.24, 2.45) is 28.6 Å². The van der Waals surface area contributed by atoms with Crippen molar-refractivity contribution in [2.75, 3.05) is 18.8 Å². The fourth-order valence-electron chi connectivity index (χ4n) is 6.02. The predicted octanol–water partition coefficient (Wildman–Crippen LogP) is 3.35. The summed E-state index contributed by atoms with van der Waals surface area (Å²) >= 11 is 1.35. The van der Waals surface area contributed by atoms with Crippen molar-refractivity contribution in [3.63, 3.8) is 0 Å². The first-order chi connectivity index (χ1) is 13.1. The Bertz CT molecular complexity index is 686. The van der Waals surface area contributed by atoms with E-state index in [4.69, 9.17) is 0 Å². The van der Waals surface area contributed by atoms with Crippen molar-refractivity contribution in [1.82, 2.24) is 10.2 Å². The molecule has 4 saturated carbocycles. The molecule has 4 bridgehead atoms. The number of allylic oxidation sites excluding steroid dienone is 1. The van der Waals surface area contributed by atoms with E-state index >= 15 is 0 Å². The quantitative estimate of drug-likeness (QED) is 0.714. The highest BCUT2D eigenvalue weighted by Gasteiger charge is 2.50. The van der Waals surface area contributed by atoms with E-state index in [0.29, 0.717) is 10.8 Å². The van der Waals surface area contributed by atoms with Gasteiger partial charge in [0.2, 0.25) is 11.8 Å². The Labute approximate surface area is 172 Å². The summed E-state index contributed by atoms with van der Waals surface area (Å²) in [5.41, 5.74) is -0.208. The van der Waals surface area contributed by atoms with Gasteiger partial charge in [-0.3, -0.25) is 19.3 Å². The van der Waals surface area contributed by atoms with Crippen LogP contribution in [0.3, 0.4) is 0 Å². The van der Waals surface area contributed by atoms with Gasteiger partial charge < -0.3 is 5.32 Å². The second kappa shape index (κ2) is 7.19. The lowest BCUT2D eigenvalue weighted by atomic mass is 9.49. The van der Waals surface area contributed by atoms with Crippen molar-refractivity contribution in [3.05, 3.63) is 11.1 Å². The zero-order chi connectivity index (χ0) is 20.1. The number of carbonyl (C=O) groups excluding carboxylic acids is 3. The summed E-state index contributed by atoms with van der Waals surface area (Å²) in [6.07, 6.45) is 9.46. The fourth-order valence-corrected chi connectivity index (χ4v) is 6.96. The summed E-state index contributed by atoms with van der Waals surface area (Å²) in [7, 11) is 0. The second-order valence-electron chi connectivity index (χ2n) is 10.6. The van der Waals surface area contributed by atoms with E-state index in [-0.39, 0.29) is 29.6 Å². The third-order valence-electron chi connectivity index (χ3n) is 7.03. The smallest absolute Gasteiger partial charge is 0.240 e. The standard InChI is InChI=1S/C22H32N2O3S/c1-21(2,3)17(25)7-20-24(19(27)12-28-20)11-18(26)23-13-22-8-14-4-15(9-22)6-16(5-14)10-22/h7,14-16H,4-6,8-13H2,1-3H3,(H,23,26)/b20-7-. The van der Waals surface area contributed by atoms with Gasteiger partial charge in [0.05, 0.1) is 10.8 Å². The monoisotopic (exact) mass is 404 g/mol. The maximum atomic E-state index is 12.6. The Morgan fingerprint density at radius 1 is 1.14 bits per heavy atom. The van der Waals surface area contributed by atoms with E-state index < -0.39 is 5.41 Å². The highest BCUT2D eigenvalue weighted by Crippen LogP contribution is 2.59. The number of rotatable bonds is 5. The van der Waals surface area contributed by atoms with Gasteiger partial charge in [0.25, 0.3) is 0 Å². The largest absolute Gasteiger partial charge is 0.354 e. The molecule has 2 amide bonds. The van der Waals surface area contributed by atoms with Gasteiger partial charge in [-0.25, -0.2) is 0 Å². The molecule has 4 aliphatic carbocycles. The van der Waals surface area contributed by atoms with E-state index in [1.165, 1.54) is 61.3 Å². The molecule has 154 valence electrons. The van der Waals surface area contributed by atoms with Crippen LogP contribution >= 0.6 is 11.8 Å². The minimum absolute atomic E-state index is 0.0153. The van der Waals surface area contributed by atoms with Crippen molar-refractivity contribution < 1.29 is 14.4 Å². The van der Waals surface area contributed by atoms with E-state index in [2.05, 4.69) is 5.32 Å². The predicted molar refractivity (Wildman–Crippen MR) is 110 cm³/mol. The van der Waals surface area contributed by atoms with Gasteiger partial charge in [-0.1, -0.05) is 32.5 Å². The minimum atomic E-state index is -0.494. The Balaban J connectivity index is 1.36. The number of hydrogen-bond acceptors (Lipinski definition) is 4. The zero-order valence-electron chi connectivity index (χ0n) is 17.3. The fraction of sp³-hybridized carbons (Fsp3) is 0.773. The third-order valence-corrected chi connectivity index (χ3v) is 8.06. The lowest BCUT2D eigenvalue weighted by Gasteiger charge is -2.56. The molecule has 0 atom stereocenters. The average molecular weight is 405 g/mol. The molecule has 5 rings (SSSR count). The van der Waals surface area contributed by atoms with Gasteiger partial charge >= 0.3 is 0 Å². The molecule has 0 unspecified atom stereocenters. The van der Waals surface area contributed by atoms with E-state index in [1.807, 2.05) is 20.8 Å². The van der Waals surface area contributed by atoms with Crippen LogP contribution in [0.2, 0.25) is 0 Å². The summed E-state index contributed by atoms with van der Waals surface area (Å²) < 4.78 is 0. The summed E-state index contributed by atoms with van der Waals surface area (Å²) in [5, 5.41) is 3.74. The molecule has 1 heterocycles. The van der Waals surface area contributed by atoms with E-state index in [0.717, 1.165) is 24.3 Å². The molecular weight excluding hydrogens is 372 g/mol. The van der Waals surface area contributed by atoms with E-state index in [9.17, 15) is 14.4 Å². The van der Waals surface area contributed by atoms with Gasteiger partial charge in [0.1, 0.15) is 6.54 Å². The summed E-state index contributed by atoms with van der Waals surface area (Å²) in [6.45, 7) is 6.33. The van der Waals surface area contributed by atoms with Crippen LogP contribution in [0.25, 0.3) is 0 Å². The minimum Gasteiger partial charge on any atom is -0.354 e. The summed E-state index contributed by atoms with van der Waals surface area (Å²) in [4.78, 5) is 38.7. The molecule has 28 heavy (non-hydrogen) atoms. The Morgan fingerprint density at radius 3 is 2.25 bits per heavy atom. The van der Waals surface area contributed by atoms with Gasteiger partial charge in [-0.2, -0.15) is 0 Å². The van der Waals surface area contributed by atoms with Crippen LogP contribution in [0.15, 0.2) is 11.1 Å². The van der Waals surface area contributed by atoms with Crippen LogP contribution in [-0.2, 0) is 14.4 Å². The number of nitrogens with zero attached hydrogens (tertiary/aromatic N) is 1. The van der Waals surface area contributed by atoms with Crippen molar-refractivity contribution in [1.29, 1.82) is 0 Å². The molecule has 5 aliphatic rings. The third kappa shape index (κ3) is 4.03. The SMILES string of the molecule is CC(C)(C)C(=O)/C=C1\SCC(=O)N1CC(=O)NCC12CC3CC(CC(C3)C1)C2. The van der Waals surface area contributed by atoms with Gasteiger partial charge in [-0.05, 0) is 61.7 Å². The van der Waals surface area contributed by atoms with Crippen LogP contribution < -0.4 is 5.32 Å².